The Labute approximate surface area is 163 Å². The molecule has 2 unspecified atom stereocenters. The Kier molecular flexibility index (Phi) is 8.09. The zero-order valence-electron chi connectivity index (χ0n) is 15.1. The third-order valence-corrected chi connectivity index (χ3v) is 5.98. The lowest BCUT2D eigenvalue weighted by atomic mass is 10.2. The molecule has 0 aromatic heterocycles. The quantitative estimate of drug-likeness (QED) is 0.480. The van der Waals surface area contributed by atoms with Crippen LogP contribution in [0.4, 0.5) is 5.69 Å². The lowest BCUT2D eigenvalue weighted by Crippen LogP contribution is -2.43. The lowest BCUT2D eigenvalue weighted by Gasteiger charge is -2.17. The van der Waals surface area contributed by atoms with Crippen molar-refractivity contribution in [1.29, 1.82) is 0 Å². The van der Waals surface area contributed by atoms with E-state index in [1.54, 1.807) is 7.05 Å². The molecule has 25 heavy (non-hydrogen) atoms. The molecule has 0 saturated heterocycles. The van der Waals surface area contributed by atoms with E-state index in [4.69, 9.17) is 0 Å². The summed E-state index contributed by atoms with van der Waals surface area (Å²) in [5, 5.41) is 10.4. The number of rotatable bonds is 6. The third-order valence-electron chi connectivity index (χ3n) is 4.39. The summed E-state index contributed by atoms with van der Waals surface area (Å²) in [6.45, 7) is 2.54. The van der Waals surface area contributed by atoms with E-state index in [1.807, 2.05) is 36.9 Å². The smallest absolute Gasteiger partial charge is 0.226 e. The van der Waals surface area contributed by atoms with E-state index in [2.05, 4.69) is 43.1 Å². The van der Waals surface area contributed by atoms with E-state index in [0.717, 1.165) is 26.9 Å². The van der Waals surface area contributed by atoms with Crippen LogP contribution in [0.2, 0.25) is 0 Å². The fraction of sp³-hybridized carbons (Fsp3) is 0.556. The highest BCUT2D eigenvalue weighted by atomic mass is 79.9. The Bertz CT molecular complexity index is 623. The van der Waals surface area contributed by atoms with E-state index in [1.165, 1.54) is 19.3 Å². The van der Waals surface area contributed by atoms with Gasteiger partial charge in [0.1, 0.15) is 0 Å². The van der Waals surface area contributed by atoms with Crippen molar-refractivity contribution in [2.75, 3.05) is 25.2 Å². The fourth-order valence-corrected chi connectivity index (χ4v) is 4.22. The molecule has 138 valence electrons. The van der Waals surface area contributed by atoms with Crippen LogP contribution in [-0.2, 0) is 4.79 Å². The van der Waals surface area contributed by atoms with Gasteiger partial charge in [-0.05, 0) is 56.2 Å². The second-order valence-electron chi connectivity index (χ2n) is 6.27. The molecule has 0 heterocycles. The SMILES string of the molecule is CN=C(NCCC(=O)Nc1ccc(Br)cc1C)NC1CCC(SC)C1. The van der Waals surface area contributed by atoms with Gasteiger partial charge in [-0.25, -0.2) is 0 Å². The first-order chi connectivity index (χ1) is 12.0. The molecule has 1 fully saturated rings. The first kappa shape index (κ1) is 20.1. The van der Waals surface area contributed by atoms with Crippen LogP contribution < -0.4 is 16.0 Å². The number of hydrogen-bond acceptors (Lipinski definition) is 3. The van der Waals surface area contributed by atoms with Crippen LogP contribution in [0.5, 0.6) is 0 Å². The lowest BCUT2D eigenvalue weighted by molar-refractivity contribution is -0.116. The second kappa shape index (κ2) is 10.1. The highest BCUT2D eigenvalue weighted by Crippen LogP contribution is 2.28. The molecular weight excluding hydrogens is 400 g/mol. The maximum atomic E-state index is 12.1. The maximum absolute atomic E-state index is 12.1. The molecule has 3 N–H and O–H groups in total. The van der Waals surface area contributed by atoms with Gasteiger partial charge in [0.2, 0.25) is 5.91 Å². The number of aliphatic imine (C=N–C) groups is 1. The summed E-state index contributed by atoms with van der Waals surface area (Å²) in [7, 11) is 1.77. The van der Waals surface area contributed by atoms with Crippen LogP contribution in [0.3, 0.4) is 0 Å². The molecule has 2 atom stereocenters. The molecule has 1 aromatic carbocycles. The zero-order valence-corrected chi connectivity index (χ0v) is 17.5. The number of aryl methyl sites for hydroxylation is 1. The van der Waals surface area contributed by atoms with E-state index in [9.17, 15) is 4.79 Å². The average Bonchev–Trinajstić information content (AvgIpc) is 3.04. The predicted octanol–water partition coefficient (Wildman–Crippen LogP) is 3.54. The number of nitrogens with zero attached hydrogens (tertiary/aromatic N) is 1. The van der Waals surface area contributed by atoms with Crippen LogP contribution >= 0.6 is 27.7 Å². The molecule has 5 nitrogen and oxygen atoms in total. The summed E-state index contributed by atoms with van der Waals surface area (Å²) in [4.78, 5) is 16.4. The molecular formula is C18H27BrN4OS. The van der Waals surface area contributed by atoms with Gasteiger partial charge in [0.15, 0.2) is 5.96 Å². The minimum Gasteiger partial charge on any atom is -0.356 e. The first-order valence-corrected chi connectivity index (χ1v) is 10.7. The van der Waals surface area contributed by atoms with Crippen LogP contribution in [0.1, 0.15) is 31.2 Å². The Morgan fingerprint density at radius 1 is 1.40 bits per heavy atom. The molecule has 0 radical (unpaired) electrons. The second-order valence-corrected chi connectivity index (χ2v) is 8.32. The number of amides is 1. The van der Waals surface area contributed by atoms with Gasteiger partial charge in [0, 0.05) is 41.5 Å². The van der Waals surface area contributed by atoms with Crippen molar-refractivity contribution in [3.8, 4) is 0 Å². The van der Waals surface area contributed by atoms with Crippen molar-refractivity contribution in [3.63, 3.8) is 0 Å². The van der Waals surface area contributed by atoms with E-state index >= 15 is 0 Å². The standard InChI is InChI=1S/C18H27BrN4OS/c1-12-10-13(19)4-7-16(12)23-17(24)8-9-21-18(20-2)22-14-5-6-15(11-14)25-3/h4,7,10,14-15H,5-6,8-9,11H2,1-3H3,(H,23,24)(H2,20,21,22). The number of guanidine groups is 1. The number of hydrogen-bond donors (Lipinski definition) is 3. The molecule has 1 saturated carbocycles. The highest BCUT2D eigenvalue weighted by Gasteiger charge is 2.24. The van der Waals surface area contributed by atoms with Crippen molar-refractivity contribution < 1.29 is 4.79 Å². The van der Waals surface area contributed by atoms with E-state index < -0.39 is 0 Å². The minimum atomic E-state index is -0.00307. The van der Waals surface area contributed by atoms with Crippen molar-refractivity contribution >= 4 is 45.2 Å². The third kappa shape index (κ3) is 6.55. The molecule has 1 amide bonds. The maximum Gasteiger partial charge on any atom is 0.226 e. The number of carbonyl (C=O) groups excluding carboxylic acids is 1. The predicted molar refractivity (Wildman–Crippen MR) is 112 cm³/mol. The summed E-state index contributed by atoms with van der Waals surface area (Å²) < 4.78 is 1.01. The fourth-order valence-electron chi connectivity index (χ4n) is 2.95. The number of halogens is 1. The van der Waals surface area contributed by atoms with E-state index in [0.29, 0.717) is 19.0 Å². The molecule has 0 bridgehead atoms. The topological polar surface area (TPSA) is 65.5 Å². The van der Waals surface area contributed by atoms with Gasteiger partial charge in [-0.1, -0.05) is 15.9 Å². The molecule has 1 aliphatic carbocycles. The van der Waals surface area contributed by atoms with E-state index in [-0.39, 0.29) is 5.91 Å². The summed E-state index contributed by atoms with van der Waals surface area (Å²) >= 11 is 5.37. The first-order valence-electron chi connectivity index (χ1n) is 8.57. The molecule has 1 aliphatic rings. The minimum absolute atomic E-state index is 0.00307. The number of carbonyl (C=O) groups is 1. The Hall–Kier alpha value is -1.21. The van der Waals surface area contributed by atoms with Crippen molar-refractivity contribution in [3.05, 3.63) is 28.2 Å². The van der Waals surface area contributed by atoms with Crippen LogP contribution in [0.15, 0.2) is 27.7 Å². The highest BCUT2D eigenvalue weighted by molar-refractivity contribution is 9.10. The van der Waals surface area contributed by atoms with Crippen molar-refractivity contribution in [2.24, 2.45) is 4.99 Å². The summed E-state index contributed by atoms with van der Waals surface area (Å²) in [6, 6.07) is 6.30. The number of thioether (sulfide) groups is 1. The van der Waals surface area contributed by atoms with Gasteiger partial charge in [-0.3, -0.25) is 9.79 Å². The van der Waals surface area contributed by atoms with Crippen molar-refractivity contribution in [2.45, 2.75) is 43.9 Å². The van der Waals surface area contributed by atoms with Gasteiger partial charge in [-0.2, -0.15) is 11.8 Å². The number of anilines is 1. The monoisotopic (exact) mass is 426 g/mol. The van der Waals surface area contributed by atoms with Gasteiger partial charge in [0.05, 0.1) is 0 Å². The van der Waals surface area contributed by atoms with Crippen LogP contribution in [-0.4, -0.2) is 43.0 Å². The van der Waals surface area contributed by atoms with Gasteiger partial charge < -0.3 is 16.0 Å². The Morgan fingerprint density at radius 3 is 2.84 bits per heavy atom. The summed E-state index contributed by atoms with van der Waals surface area (Å²) in [6.07, 6.45) is 6.17. The molecule has 2 rings (SSSR count). The van der Waals surface area contributed by atoms with Crippen molar-refractivity contribution in [1.82, 2.24) is 10.6 Å². The number of nitrogens with one attached hydrogen (secondary N) is 3. The average molecular weight is 427 g/mol. The molecule has 0 aliphatic heterocycles. The van der Waals surface area contributed by atoms with Gasteiger partial charge >= 0.3 is 0 Å². The molecule has 0 spiro atoms. The Morgan fingerprint density at radius 2 is 2.20 bits per heavy atom. The van der Waals surface area contributed by atoms with Gasteiger partial charge in [0.25, 0.3) is 0 Å². The largest absolute Gasteiger partial charge is 0.356 e. The zero-order chi connectivity index (χ0) is 18.2. The normalized spacial score (nSPS) is 20.4. The Balaban J connectivity index is 1.72. The van der Waals surface area contributed by atoms with Crippen LogP contribution in [0.25, 0.3) is 0 Å². The van der Waals surface area contributed by atoms with Gasteiger partial charge in [-0.15, -0.1) is 0 Å². The molecule has 1 aromatic rings. The molecule has 7 heteroatoms. The summed E-state index contributed by atoms with van der Waals surface area (Å²) in [5.41, 5.74) is 1.89. The van der Waals surface area contributed by atoms with Crippen LogP contribution in [0, 0.1) is 6.92 Å². The number of benzene rings is 1. The summed E-state index contributed by atoms with van der Waals surface area (Å²) in [5.74, 6) is 0.774.